The third kappa shape index (κ3) is 3.37. The molecule has 0 atom stereocenters. The Labute approximate surface area is 125 Å². The van der Waals surface area contributed by atoms with Crippen LogP contribution in [0.1, 0.15) is 10.4 Å². The molecule has 1 aliphatic rings. The molecule has 0 aliphatic carbocycles. The Morgan fingerprint density at radius 3 is 2.37 bits per heavy atom. The van der Waals surface area contributed by atoms with Crippen molar-refractivity contribution in [3.8, 4) is 0 Å². The first-order valence-electron chi connectivity index (χ1n) is 5.99. The fraction of sp³-hybridized carbons (Fsp3) is 0.385. The van der Waals surface area contributed by atoms with Crippen molar-refractivity contribution in [1.29, 1.82) is 0 Å². The van der Waals surface area contributed by atoms with Crippen LogP contribution in [-0.2, 0) is 4.74 Å². The van der Waals surface area contributed by atoms with Crippen molar-refractivity contribution in [2.24, 2.45) is 0 Å². The number of halogens is 1. The third-order valence-electron chi connectivity index (χ3n) is 3.07. The molecule has 1 aromatic rings. The van der Waals surface area contributed by atoms with Crippen molar-refractivity contribution in [3.05, 3.63) is 33.4 Å². The van der Waals surface area contributed by atoms with Crippen molar-refractivity contribution in [3.63, 3.8) is 0 Å². The molecule has 2 amide bonds. The van der Waals surface area contributed by atoms with Crippen molar-refractivity contribution in [2.45, 2.75) is 0 Å². The van der Waals surface area contributed by atoms with Gasteiger partial charge in [0.2, 0.25) is 0 Å². The molecule has 1 heterocycles. The number of nitrogens with zero attached hydrogens (tertiary/aromatic N) is 2. The maximum Gasteiger partial charge on any atom is 0.409 e. The lowest BCUT2D eigenvalue weighted by Gasteiger charge is -2.33. The van der Waals surface area contributed by atoms with Gasteiger partial charge in [0.05, 0.1) is 7.11 Å². The van der Waals surface area contributed by atoms with Crippen molar-refractivity contribution >= 4 is 34.6 Å². The summed E-state index contributed by atoms with van der Waals surface area (Å²) in [5, 5.41) is 0. The minimum Gasteiger partial charge on any atom is -0.453 e. The summed E-state index contributed by atoms with van der Waals surface area (Å²) in [5.74, 6) is 0.0167. The molecule has 0 unspecified atom stereocenters. The summed E-state index contributed by atoms with van der Waals surface area (Å²) < 4.78 is 5.71. The number of carbonyl (C=O) groups is 2. The van der Waals surface area contributed by atoms with Gasteiger partial charge >= 0.3 is 6.09 Å². The normalized spacial score (nSPS) is 15.3. The smallest absolute Gasteiger partial charge is 0.409 e. The summed E-state index contributed by atoms with van der Waals surface area (Å²) in [6.07, 6.45) is -0.332. The predicted molar refractivity (Wildman–Crippen MR) is 79.0 cm³/mol. The molecule has 1 saturated heterocycles. The van der Waals surface area contributed by atoms with Crippen molar-refractivity contribution in [1.82, 2.24) is 9.80 Å². The fourth-order valence-corrected chi connectivity index (χ4v) is 2.57. The Hall–Kier alpha value is -1.31. The number of carbonyl (C=O) groups excluding carboxylic acids is 2. The molecule has 0 aromatic heterocycles. The number of hydrogen-bond acceptors (Lipinski definition) is 3. The highest BCUT2D eigenvalue weighted by Crippen LogP contribution is 2.12. The topological polar surface area (TPSA) is 49.9 Å². The van der Waals surface area contributed by atoms with Gasteiger partial charge < -0.3 is 14.5 Å². The van der Waals surface area contributed by atoms with E-state index in [9.17, 15) is 9.59 Å². The quantitative estimate of drug-likeness (QED) is 0.705. The maximum atomic E-state index is 12.3. The van der Waals surface area contributed by atoms with Crippen LogP contribution in [0.2, 0.25) is 0 Å². The van der Waals surface area contributed by atoms with Gasteiger partial charge in [-0.1, -0.05) is 6.07 Å². The lowest BCUT2D eigenvalue weighted by atomic mass is 10.2. The zero-order valence-corrected chi connectivity index (χ0v) is 12.8. The first-order chi connectivity index (χ1) is 9.11. The second-order valence-corrected chi connectivity index (χ2v) is 5.51. The van der Waals surface area contributed by atoms with Crippen molar-refractivity contribution < 1.29 is 14.3 Å². The summed E-state index contributed by atoms with van der Waals surface area (Å²) >= 11 is 2.19. The van der Waals surface area contributed by atoms with Crippen LogP contribution in [0.5, 0.6) is 0 Å². The Morgan fingerprint density at radius 1 is 1.16 bits per heavy atom. The summed E-state index contributed by atoms with van der Waals surface area (Å²) in [6.45, 7) is 2.11. The highest BCUT2D eigenvalue weighted by atomic mass is 127. The summed E-state index contributed by atoms with van der Waals surface area (Å²) in [7, 11) is 1.37. The molecular weight excluding hydrogens is 359 g/mol. The van der Waals surface area contributed by atoms with Gasteiger partial charge in [-0.3, -0.25) is 4.79 Å². The van der Waals surface area contributed by atoms with Gasteiger partial charge in [-0.05, 0) is 40.8 Å². The van der Waals surface area contributed by atoms with E-state index in [4.69, 9.17) is 0 Å². The molecule has 2 rings (SSSR count). The van der Waals surface area contributed by atoms with Gasteiger partial charge in [-0.2, -0.15) is 0 Å². The van der Waals surface area contributed by atoms with Crippen LogP contribution in [-0.4, -0.2) is 55.1 Å². The molecule has 19 heavy (non-hydrogen) atoms. The van der Waals surface area contributed by atoms with E-state index >= 15 is 0 Å². The van der Waals surface area contributed by atoms with E-state index in [1.54, 1.807) is 9.80 Å². The van der Waals surface area contributed by atoms with Crippen LogP contribution < -0.4 is 0 Å². The third-order valence-corrected chi connectivity index (χ3v) is 3.74. The lowest BCUT2D eigenvalue weighted by molar-refractivity contribution is 0.0599. The first kappa shape index (κ1) is 14.1. The van der Waals surface area contributed by atoms with E-state index in [0.717, 1.165) is 3.57 Å². The lowest BCUT2D eigenvalue weighted by Crippen LogP contribution is -2.50. The fourth-order valence-electron chi connectivity index (χ4n) is 2.03. The van der Waals surface area contributed by atoms with Crippen LogP contribution in [0, 0.1) is 3.57 Å². The molecule has 1 fully saturated rings. The number of piperazine rings is 1. The standard InChI is InChI=1S/C13H15IN2O3/c1-19-13(18)16-7-5-15(6-8-16)12(17)10-3-2-4-11(14)9-10/h2-4,9H,5-8H2,1H3. The van der Waals surface area contributed by atoms with Gasteiger partial charge in [0.1, 0.15) is 0 Å². The average Bonchev–Trinajstić information content (AvgIpc) is 2.46. The number of amides is 2. The van der Waals surface area contributed by atoms with Gasteiger partial charge in [0.15, 0.2) is 0 Å². The minimum absolute atomic E-state index is 0.0167. The van der Waals surface area contributed by atoms with Crippen molar-refractivity contribution in [2.75, 3.05) is 33.3 Å². The summed E-state index contributed by atoms with van der Waals surface area (Å²) in [5.41, 5.74) is 0.693. The Balaban J connectivity index is 1.98. The monoisotopic (exact) mass is 374 g/mol. The van der Waals surface area contributed by atoms with E-state index in [-0.39, 0.29) is 12.0 Å². The van der Waals surface area contributed by atoms with Crippen LogP contribution in [0.4, 0.5) is 4.79 Å². The van der Waals surface area contributed by atoms with E-state index in [2.05, 4.69) is 27.3 Å². The average molecular weight is 374 g/mol. The SMILES string of the molecule is COC(=O)N1CCN(C(=O)c2cccc(I)c2)CC1. The van der Waals surface area contributed by atoms with Gasteiger partial charge in [0, 0.05) is 35.3 Å². The predicted octanol–water partition coefficient (Wildman–Crippen LogP) is 1.82. The number of benzene rings is 1. The molecule has 102 valence electrons. The second-order valence-electron chi connectivity index (χ2n) is 4.26. The number of rotatable bonds is 1. The van der Waals surface area contributed by atoms with Crippen LogP contribution in [0.25, 0.3) is 0 Å². The Morgan fingerprint density at radius 2 is 1.79 bits per heavy atom. The summed E-state index contributed by atoms with van der Waals surface area (Å²) in [4.78, 5) is 27.0. The van der Waals surface area contributed by atoms with Crippen LogP contribution in [0.3, 0.4) is 0 Å². The Kier molecular flexibility index (Phi) is 4.62. The molecule has 1 aliphatic heterocycles. The molecule has 0 radical (unpaired) electrons. The van der Waals surface area contributed by atoms with Gasteiger partial charge in [0.25, 0.3) is 5.91 Å². The molecule has 0 spiro atoms. The molecule has 5 nitrogen and oxygen atoms in total. The zero-order valence-electron chi connectivity index (χ0n) is 10.6. The van der Waals surface area contributed by atoms with E-state index < -0.39 is 0 Å². The van der Waals surface area contributed by atoms with E-state index in [0.29, 0.717) is 31.7 Å². The highest BCUT2D eigenvalue weighted by molar-refractivity contribution is 14.1. The molecule has 0 N–H and O–H groups in total. The highest BCUT2D eigenvalue weighted by Gasteiger charge is 2.25. The maximum absolute atomic E-state index is 12.3. The number of ether oxygens (including phenoxy) is 1. The molecule has 0 bridgehead atoms. The minimum atomic E-state index is -0.332. The Bertz CT molecular complexity index is 485. The largest absolute Gasteiger partial charge is 0.453 e. The first-order valence-corrected chi connectivity index (χ1v) is 7.07. The van der Waals surface area contributed by atoms with Gasteiger partial charge in [-0.25, -0.2) is 4.79 Å². The van der Waals surface area contributed by atoms with Gasteiger partial charge in [-0.15, -0.1) is 0 Å². The molecule has 0 saturated carbocycles. The molecule has 6 heteroatoms. The summed E-state index contributed by atoms with van der Waals surface area (Å²) in [6, 6.07) is 7.51. The molecule has 1 aromatic carbocycles. The van der Waals surface area contributed by atoms with Crippen LogP contribution >= 0.6 is 22.6 Å². The number of methoxy groups -OCH3 is 1. The second kappa shape index (κ2) is 6.23. The van der Waals surface area contributed by atoms with E-state index in [1.807, 2.05) is 24.3 Å². The number of hydrogen-bond donors (Lipinski definition) is 0. The zero-order chi connectivity index (χ0) is 13.8. The molecular formula is C13H15IN2O3. The van der Waals surface area contributed by atoms with E-state index in [1.165, 1.54) is 7.11 Å². The van der Waals surface area contributed by atoms with Crippen LogP contribution in [0.15, 0.2) is 24.3 Å².